The Morgan fingerprint density at radius 3 is 2.93 bits per heavy atom. The topological polar surface area (TPSA) is 33.2 Å². The average Bonchev–Trinajstić information content (AvgIpc) is 2.17. The molecule has 0 aliphatic carbocycles. The van der Waals surface area contributed by atoms with Crippen LogP contribution in [-0.2, 0) is 0 Å². The Morgan fingerprint density at radius 2 is 2.36 bits per heavy atom. The molecule has 0 radical (unpaired) electrons. The van der Waals surface area contributed by atoms with Gasteiger partial charge < -0.3 is 4.90 Å². The average molecular weight is 213 g/mol. The van der Waals surface area contributed by atoms with Crippen molar-refractivity contribution >= 4 is 17.5 Å². The van der Waals surface area contributed by atoms with Crippen molar-refractivity contribution in [3.63, 3.8) is 0 Å². The maximum atomic E-state index is 11.7. The normalized spacial score (nSPS) is 9.93. The van der Waals surface area contributed by atoms with E-state index in [1.807, 2.05) is 6.92 Å². The first-order valence-electron chi connectivity index (χ1n) is 4.52. The van der Waals surface area contributed by atoms with E-state index in [2.05, 4.69) is 4.98 Å². The third-order valence-electron chi connectivity index (χ3n) is 1.88. The third-order valence-corrected chi connectivity index (χ3v) is 2.09. The van der Waals surface area contributed by atoms with E-state index in [0.717, 1.165) is 13.0 Å². The SMILES string of the molecule is CCCN(C)C(=O)c1ccnc(Cl)c1. The second kappa shape index (κ2) is 4.96. The van der Waals surface area contributed by atoms with Crippen LogP contribution < -0.4 is 0 Å². The number of aromatic nitrogens is 1. The van der Waals surface area contributed by atoms with E-state index in [1.54, 1.807) is 24.1 Å². The highest BCUT2D eigenvalue weighted by Crippen LogP contribution is 2.09. The Balaban J connectivity index is 2.78. The van der Waals surface area contributed by atoms with Gasteiger partial charge in [-0.2, -0.15) is 0 Å². The van der Waals surface area contributed by atoms with E-state index in [0.29, 0.717) is 10.7 Å². The van der Waals surface area contributed by atoms with Gasteiger partial charge in [-0.1, -0.05) is 18.5 Å². The zero-order valence-electron chi connectivity index (χ0n) is 8.33. The summed E-state index contributed by atoms with van der Waals surface area (Å²) in [7, 11) is 1.78. The van der Waals surface area contributed by atoms with E-state index < -0.39 is 0 Å². The lowest BCUT2D eigenvalue weighted by Crippen LogP contribution is -2.27. The van der Waals surface area contributed by atoms with Crippen LogP contribution in [0.1, 0.15) is 23.7 Å². The molecule has 1 amide bonds. The van der Waals surface area contributed by atoms with E-state index in [-0.39, 0.29) is 5.91 Å². The molecule has 0 aliphatic heterocycles. The van der Waals surface area contributed by atoms with Crippen molar-refractivity contribution in [2.45, 2.75) is 13.3 Å². The van der Waals surface area contributed by atoms with Gasteiger partial charge in [0.2, 0.25) is 0 Å². The molecule has 0 saturated heterocycles. The molecule has 0 unspecified atom stereocenters. The number of pyridine rings is 1. The number of hydrogen-bond donors (Lipinski definition) is 0. The molecule has 1 aromatic heterocycles. The van der Waals surface area contributed by atoms with E-state index in [9.17, 15) is 4.79 Å². The van der Waals surface area contributed by atoms with Gasteiger partial charge in [0.1, 0.15) is 5.15 Å². The van der Waals surface area contributed by atoms with Gasteiger partial charge in [-0.25, -0.2) is 4.98 Å². The lowest BCUT2D eigenvalue weighted by atomic mass is 10.2. The molecule has 0 saturated carbocycles. The fourth-order valence-electron chi connectivity index (χ4n) is 1.19. The van der Waals surface area contributed by atoms with Crippen LogP contribution in [0.15, 0.2) is 18.3 Å². The molecule has 14 heavy (non-hydrogen) atoms. The highest BCUT2D eigenvalue weighted by molar-refractivity contribution is 6.29. The van der Waals surface area contributed by atoms with E-state index in [4.69, 9.17) is 11.6 Å². The molecule has 1 rings (SSSR count). The lowest BCUT2D eigenvalue weighted by Gasteiger charge is -2.15. The molecular weight excluding hydrogens is 200 g/mol. The summed E-state index contributed by atoms with van der Waals surface area (Å²) in [6.07, 6.45) is 2.48. The Bertz CT molecular complexity index is 328. The van der Waals surface area contributed by atoms with Crippen molar-refractivity contribution in [2.75, 3.05) is 13.6 Å². The quantitative estimate of drug-likeness (QED) is 0.720. The van der Waals surface area contributed by atoms with Gasteiger partial charge in [-0.05, 0) is 18.6 Å². The molecular formula is C10H13ClN2O. The highest BCUT2D eigenvalue weighted by Gasteiger charge is 2.10. The number of amides is 1. The molecule has 0 aliphatic rings. The Labute approximate surface area is 88.7 Å². The number of nitrogens with zero attached hydrogens (tertiary/aromatic N) is 2. The summed E-state index contributed by atoms with van der Waals surface area (Å²) in [5.74, 6) is -0.0175. The number of carbonyl (C=O) groups is 1. The van der Waals surface area contributed by atoms with Crippen LogP contribution >= 0.6 is 11.6 Å². The van der Waals surface area contributed by atoms with Crippen LogP contribution in [0.5, 0.6) is 0 Å². The zero-order chi connectivity index (χ0) is 10.6. The first-order valence-corrected chi connectivity index (χ1v) is 4.90. The number of halogens is 1. The van der Waals surface area contributed by atoms with Gasteiger partial charge >= 0.3 is 0 Å². The second-order valence-electron chi connectivity index (χ2n) is 3.09. The summed E-state index contributed by atoms with van der Waals surface area (Å²) in [6, 6.07) is 3.25. The van der Waals surface area contributed by atoms with Gasteiger partial charge in [0, 0.05) is 25.4 Å². The van der Waals surface area contributed by atoms with Crippen molar-refractivity contribution in [2.24, 2.45) is 0 Å². The zero-order valence-corrected chi connectivity index (χ0v) is 9.08. The fourth-order valence-corrected chi connectivity index (χ4v) is 1.37. The maximum absolute atomic E-state index is 11.7. The fraction of sp³-hybridized carbons (Fsp3) is 0.400. The number of rotatable bonds is 3. The minimum atomic E-state index is -0.0175. The van der Waals surface area contributed by atoms with Crippen LogP contribution in [-0.4, -0.2) is 29.4 Å². The Kier molecular flexibility index (Phi) is 3.89. The molecule has 0 bridgehead atoms. The minimum Gasteiger partial charge on any atom is -0.342 e. The summed E-state index contributed by atoms with van der Waals surface area (Å²) < 4.78 is 0. The summed E-state index contributed by atoms with van der Waals surface area (Å²) in [6.45, 7) is 2.78. The van der Waals surface area contributed by atoms with Crippen molar-refractivity contribution in [1.29, 1.82) is 0 Å². The predicted molar refractivity (Wildman–Crippen MR) is 56.5 cm³/mol. The van der Waals surface area contributed by atoms with Crippen LogP contribution in [0.2, 0.25) is 5.15 Å². The van der Waals surface area contributed by atoms with Crippen molar-refractivity contribution < 1.29 is 4.79 Å². The smallest absolute Gasteiger partial charge is 0.253 e. The van der Waals surface area contributed by atoms with Crippen LogP contribution in [0.4, 0.5) is 0 Å². The molecule has 3 nitrogen and oxygen atoms in total. The maximum Gasteiger partial charge on any atom is 0.253 e. The molecule has 1 aromatic rings. The van der Waals surface area contributed by atoms with Crippen molar-refractivity contribution in [1.82, 2.24) is 9.88 Å². The summed E-state index contributed by atoms with van der Waals surface area (Å²) >= 11 is 5.69. The molecule has 4 heteroatoms. The van der Waals surface area contributed by atoms with Crippen LogP contribution in [0, 0.1) is 0 Å². The van der Waals surface area contributed by atoms with E-state index in [1.165, 1.54) is 6.20 Å². The van der Waals surface area contributed by atoms with Gasteiger partial charge in [-0.15, -0.1) is 0 Å². The third kappa shape index (κ3) is 2.70. The predicted octanol–water partition coefficient (Wildman–Crippen LogP) is 2.22. The molecule has 0 N–H and O–H groups in total. The largest absolute Gasteiger partial charge is 0.342 e. The number of carbonyl (C=O) groups excluding carboxylic acids is 1. The molecule has 0 spiro atoms. The Hall–Kier alpha value is -1.09. The van der Waals surface area contributed by atoms with E-state index >= 15 is 0 Å². The lowest BCUT2D eigenvalue weighted by molar-refractivity contribution is 0.0795. The second-order valence-corrected chi connectivity index (χ2v) is 3.48. The van der Waals surface area contributed by atoms with Gasteiger partial charge in [-0.3, -0.25) is 4.79 Å². The molecule has 76 valence electrons. The molecule has 1 heterocycles. The van der Waals surface area contributed by atoms with Gasteiger partial charge in [0.15, 0.2) is 0 Å². The summed E-state index contributed by atoms with van der Waals surface area (Å²) in [4.78, 5) is 17.2. The first-order chi connectivity index (χ1) is 6.65. The molecule has 0 atom stereocenters. The monoisotopic (exact) mass is 212 g/mol. The minimum absolute atomic E-state index is 0.0175. The Morgan fingerprint density at radius 1 is 1.64 bits per heavy atom. The van der Waals surface area contributed by atoms with Crippen LogP contribution in [0.3, 0.4) is 0 Å². The van der Waals surface area contributed by atoms with Crippen molar-refractivity contribution in [3.8, 4) is 0 Å². The molecule has 0 fully saturated rings. The standard InChI is InChI=1S/C10H13ClN2O/c1-3-6-13(2)10(14)8-4-5-12-9(11)7-8/h4-5,7H,3,6H2,1-2H3. The summed E-state index contributed by atoms with van der Waals surface area (Å²) in [5, 5.41) is 0.348. The van der Waals surface area contributed by atoms with Gasteiger partial charge in [0.25, 0.3) is 5.91 Å². The summed E-state index contributed by atoms with van der Waals surface area (Å²) in [5.41, 5.74) is 0.584. The first kappa shape index (κ1) is 11.0. The van der Waals surface area contributed by atoms with Crippen molar-refractivity contribution in [3.05, 3.63) is 29.0 Å². The highest BCUT2D eigenvalue weighted by atomic mass is 35.5. The molecule has 0 aromatic carbocycles. The van der Waals surface area contributed by atoms with Gasteiger partial charge in [0.05, 0.1) is 0 Å². The number of hydrogen-bond acceptors (Lipinski definition) is 2. The van der Waals surface area contributed by atoms with Crippen LogP contribution in [0.25, 0.3) is 0 Å².